The Morgan fingerprint density at radius 2 is 1.71 bits per heavy atom. The van der Waals surface area contributed by atoms with Crippen molar-refractivity contribution < 1.29 is 14.3 Å². The zero-order chi connectivity index (χ0) is 15.1. The summed E-state index contributed by atoms with van der Waals surface area (Å²) in [5, 5.41) is 3.35. The van der Waals surface area contributed by atoms with Crippen molar-refractivity contribution in [2.75, 3.05) is 19.5 Å². The van der Waals surface area contributed by atoms with Gasteiger partial charge in [0.1, 0.15) is 5.75 Å². The minimum atomic E-state index is -0.269. The van der Waals surface area contributed by atoms with Crippen LogP contribution in [0.2, 0.25) is 0 Å². The molecular weight excluding hydrogens is 266 g/mol. The predicted octanol–water partition coefficient (Wildman–Crippen LogP) is 3.41. The lowest BCUT2D eigenvalue weighted by atomic mass is 10.0. The highest BCUT2D eigenvalue weighted by Crippen LogP contribution is 2.30. The first-order valence-electron chi connectivity index (χ1n) is 6.76. The number of rotatable bonds is 6. The molecule has 0 saturated heterocycles. The van der Waals surface area contributed by atoms with Gasteiger partial charge in [-0.05, 0) is 18.2 Å². The molecule has 0 spiro atoms. The van der Waals surface area contributed by atoms with Gasteiger partial charge in [-0.2, -0.15) is 0 Å². The predicted molar refractivity (Wildman–Crippen MR) is 82.4 cm³/mol. The maximum atomic E-state index is 11.7. The van der Waals surface area contributed by atoms with Gasteiger partial charge in [0.2, 0.25) is 0 Å². The first kappa shape index (κ1) is 14.9. The average Bonchev–Trinajstić information content (AvgIpc) is 2.55. The van der Waals surface area contributed by atoms with E-state index in [1.165, 1.54) is 7.11 Å². The second-order valence-electron chi connectivity index (χ2n) is 4.59. The summed E-state index contributed by atoms with van der Waals surface area (Å²) >= 11 is 0. The first-order chi connectivity index (χ1) is 10.2. The fraction of sp³-hybridized carbons (Fsp3) is 0.235. The summed E-state index contributed by atoms with van der Waals surface area (Å²) < 4.78 is 10.2. The molecule has 2 rings (SSSR count). The molecule has 0 heterocycles. The Labute approximate surface area is 124 Å². The maximum absolute atomic E-state index is 11.7. The number of hydrogen-bond acceptors (Lipinski definition) is 4. The van der Waals surface area contributed by atoms with E-state index in [-0.39, 0.29) is 18.4 Å². The van der Waals surface area contributed by atoms with Crippen molar-refractivity contribution in [3.8, 4) is 5.75 Å². The zero-order valence-corrected chi connectivity index (χ0v) is 12.2. The smallest absolute Gasteiger partial charge is 0.307 e. The Kier molecular flexibility index (Phi) is 5.21. The van der Waals surface area contributed by atoms with Crippen molar-refractivity contribution in [2.45, 2.75) is 12.5 Å². The Hall–Kier alpha value is -2.49. The van der Waals surface area contributed by atoms with Crippen molar-refractivity contribution in [3.05, 3.63) is 60.2 Å². The number of methoxy groups -OCH3 is 2. The maximum Gasteiger partial charge on any atom is 0.307 e. The van der Waals surface area contributed by atoms with Crippen LogP contribution >= 0.6 is 0 Å². The summed E-state index contributed by atoms with van der Waals surface area (Å²) in [5.41, 5.74) is 1.87. The summed E-state index contributed by atoms with van der Waals surface area (Å²) in [7, 11) is 3.01. The molecule has 0 fully saturated rings. The lowest BCUT2D eigenvalue weighted by molar-refractivity contribution is -0.140. The van der Waals surface area contributed by atoms with E-state index in [1.807, 2.05) is 54.6 Å². The number of carbonyl (C=O) groups excluding carboxylic acids is 1. The largest absolute Gasteiger partial charge is 0.496 e. The van der Waals surface area contributed by atoms with E-state index < -0.39 is 0 Å². The Morgan fingerprint density at radius 3 is 2.38 bits per heavy atom. The molecule has 21 heavy (non-hydrogen) atoms. The van der Waals surface area contributed by atoms with Gasteiger partial charge in [0.25, 0.3) is 0 Å². The Bertz CT molecular complexity index is 584. The summed E-state index contributed by atoms with van der Waals surface area (Å²) in [4.78, 5) is 11.7. The van der Waals surface area contributed by atoms with Crippen LogP contribution in [-0.2, 0) is 9.53 Å². The third-order valence-electron chi connectivity index (χ3n) is 3.23. The summed E-state index contributed by atoms with van der Waals surface area (Å²) in [6, 6.07) is 17.2. The fourth-order valence-electron chi connectivity index (χ4n) is 2.18. The molecular formula is C17H19NO3. The van der Waals surface area contributed by atoms with Crippen molar-refractivity contribution in [3.63, 3.8) is 0 Å². The Morgan fingerprint density at radius 1 is 1.05 bits per heavy atom. The first-order valence-corrected chi connectivity index (χ1v) is 6.76. The van der Waals surface area contributed by atoms with Crippen LogP contribution in [0.15, 0.2) is 54.6 Å². The third-order valence-corrected chi connectivity index (χ3v) is 3.23. The van der Waals surface area contributed by atoms with E-state index in [0.29, 0.717) is 0 Å². The fourth-order valence-corrected chi connectivity index (χ4v) is 2.18. The van der Waals surface area contributed by atoms with Crippen LogP contribution < -0.4 is 10.1 Å². The molecule has 2 aromatic carbocycles. The number of esters is 1. The van der Waals surface area contributed by atoms with Crippen LogP contribution in [0.1, 0.15) is 18.0 Å². The number of ether oxygens (including phenoxy) is 2. The average molecular weight is 285 g/mol. The van der Waals surface area contributed by atoms with E-state index in [1.54, 1.807) is 7.11 Å². The highest BCUT2D eigenvalue weighted by molar-refractivity contribution is 5.71. The number of para-hydroxylation sites is 2. The van der Waals surface area contributed by atoms with E-state index in [4.69, 9.17) is 9.47 Å². The van der Waals surface area contributed by atoms with Gasteiger partial charge in [-0.25, -0.2) is 0 Å². The summed E-state index contributed by atoms with van der Waals surface area (Å²) in [6.07, 6.45) is 0.228. The lowest BCUT2D eigenvalue weighted by Crippen LogP contribution is -2.17. The van der Waals surface area contributed by atoms with Crippen molar-refractivity contribution >= 4 is 11.7 Å². The molecule has 0 saturated carbocycles. The zero-order valence-electron chi connectivity index (χ0n) is 12.2. The standard InChI is InChI=1S/C17H19NO3/c1-20-16-11-7-6-10-14(16)15(12-17(19)21-2)18-13-8-4-3-5-9-13/h3-11,15,18H,12H2,1-2H3/t15-/m0/s1. The molecule has 0 aromatic heterocycles. The lowest BCUT2D eigenvalue weighted by Gasteiger charge is -2.21. The van der Waals surface area contributed by atoms with Crippen molar-refractivity contribution in [2.24, 2.45) is 0 Å². The van der Waals surface area contributed by atoms with Crippen molar-refractivity contribution in [1.29, 1.82) is 0 Å². The van der Waals surface area contributed by atoms with Gasteiger partial charge in [0, 0.05) is 11.3 Å². The van der Waals surface area contributed by atoms with E-state index in [2.05, 4.69) is 5.32 Å². The molecule has 0 aliphatic carbocycles. The molecule has 1 N–H and O–H groups in total. The van der Waals surface area contributed by atoms with Gasteiger partial charge in [-0.15, -0.1) is 0 Å². The minimum absolute atomic E-state index is 0.212. The molecule has 0 aliphatic heterocycles. The monoisotopic (exact) mass is 285 g/mol. The van der Waals surface area contributed by atoms with Gasteiger partial charge < -0.3 is 14.8 Å². The molecule has 4 nitrogen and oxygen atoms in total. The van der Waals surface area contributed by atoms with Gasteiger partial charge in [0.05, 0.1) is 26.7 Å². The van der Waals surface area contributed by atoms with Crippen LogP contribution in [0.4, 0.5) is 5.69 Å². The highest BCUT2D eigenvalue weighted by Gasteiger charge is 2.19. The Balaban J connectivity index is 2.29. The number of nitrogens with one attached hydrogen (secondary N) is 1. The molecule has 0 aliphatic rings. The van der Waals surface area contributed by atoms with Gasteiger partial charge in [-0.3, -0.25) is 4.79 Å². The second-order valence-corrected chi connectivity index (χ2v) is 4.59. The van der Waals surface area contributed by atoms with Gasteiger partial charge in [0.15, 0.2) is 0 Å². The molecule has 1 atom stereocenters. The molecule has 0 radical (unpaired) electrons. The molecule has 110 valence electrons. The topological polar surface area (TPSA) is 47.6 Å². The number of hydrogen-bond donors (Lipinski definition) is 1. The molecule has 2 aromatic rings. The third kappa shape index (κ3) is 3.99. The van der Waals surface area contributed by atoms with E-state index in [9.17, 15) is 4.79 Å². The van der Waals surface area contributed by atoms with E-state index >= 15 is 0 Å². The van der Waals surface area contributed by atoms with Gasteiger partial charge in [-0.1, -0.05) is 36.4 Å². The summed E-state index contributed by atoms with van der Waals surface area (Å²) in [5.74, 6) is 0.476. The van der Waals surface area contributed by atoms with Crippen LogP contribution in [0.3, 0.4) is 0 Å². The molecule has 0 amide bonds. The molecule has 0 bridgehead atoms. The van der Waals surface area contributed by atoms with Crippen LogP contribution in [0, 0.1) is 0 Å². The number of carbonyl (C=O) groups is 1. The SMILES string of the molecule is COC(=O)C[C@H](Nc1ccccc1)c1ccccc1OC. The minimum Gasteiger partial charge on any atom is -0.496 e. The quantitative estimate of drug-likeness (QED) is 0.826. The molecule has 0 unspecified atom stereocenters. The number of benzene rings is 2. The normalized spacial score (nSPS) is 11.5. The second kappa shape index (κ2) is 7.33. The van der Waals surface area contributed by atoms with Gasteiger partial charge >= 0.3 is 5.97 Å². The summed E-state index contributed by atoms with van der Waals surface area (Å²) in [6.45, 7) is 0. The molecule has 4 heteroatoms. The van der Waals surface area contributed by atoms with Crippen LogP contribution in [0.5, 0.6) is 5.75 Å². The van der Waals surface area contributed by atoms with Crippen molar-refractivity contribution in [1.82, 2.24) is 0 Å². The van der Waals surface area contributed by atoms with E-state index in [0.717, 1.165) is 17.0 Å². The number of anilines is 1. The van der Waals surface area contributed by atoms with Crippen LogP contribution in [0.25, 0.3) is 0 Å². The highest BCUT2D eigenvalue weighted by atomic mass is 16.5. The van der Waals surface area contributed by atoms with Crippen LogP contribution in [-0.4, -0.2) is 20.2 Å².